The van der Waals surface area contributed by atoms with E-state index in [4.69, 9.17) is 11.6 Å². The molecule has 1 aliphatic rings. The minimum atomic E-state index is -3.21. The minimum absolute atomic E-state index is 0.311. The van der Waals surface area contributed by atoms with Crippen LogP contribution in [0.3, 0.4) is 0 Å². The van der Waals surface area contributed by atoms with Gasteiger partial charge < -0.3 is 5.32 Å². The smallest absolute Gasteiger partial charge is 0.175 e. The van der Waals surface area contributed by atoms with E-state index in [-0.39, 0.29) is 0 Å². The molecule has 0 saturated heterocycles. The summed E-state index contributed by atoms with van der Waals surface area (Å²) in [5.41, 5.74) is 0.733. The average Bonchev–Trinajstić information content (AvgIpc) is 2.40. The summed E-state index contributed by atoms with van der Waals surface area (Å²) in [4.78, 5) is 0.311. The van der Waals surface area contributed by atoms with Crippen molar-refractivity contribution in [3.8, 4) is 0 Å². The molecule has 0 radical (unpaired) electrons. The van der Waals surface area contributed by atoms with E-state index in [0.29, 0.717) is 27.8 Å². The molecule has 0 aromatic heterocycles. The third-order valence-electron chi connectivity index (χ3n) is 4.38. The van der Waals surface area contributed by atoms with Gasteiger partial charge in [0.1, 0.15) is 0 Å². The Bertz CT molecular complexity index is 598. The quantitative estimate of drug-likeness (QED) is 0.892. The molecular weight excluding hydrogens is 306 g/mol. The standard InChI is InChI=1S/C16H24ClNO2S/c1-11(2)13-6-4-5-7-15(13)18-16-10-12(21(3,19)20)8-9-14(16)17/h8-11,13,15,18H,4-7H2,1-3H3. The highest BCUT2D eigenvalue weighted by atomic mass is 35.5. The summed E-state index contributed by atoms with van der Waals surface area (Å²) < 4.78 is 23.4. The van der Waals surface area contributed by atoms with Crippen LogP contribution in [0.1, 0.15) is 39.5 Å². The minimum Gasteiger partial charge on any atom is -0.381 e. The molecular formula is C16H24ClNO2S. The zero-order valence-corrected chi connectivity index (χ0v) is 14.5. The van der Waals surface area contributed by atoms with Gasteiger partial charge in [0, 0.05) is 12.3 Å². The molecule has 21 heavy (non-hydrogen) atoms. The molecule has 0 aliphatic heterocycles. The topological polar surface area (TPSA) is 46.2 Å². The van der Waals surface area contributed by atoms with Crippen LogP contribution in [0.15, 0.2) is 23.1 Å². The summed E-state index contributed by atoms with van der Waals surface area (Å²) in [5.74, 6) is 1.22. The highest BCUT2D eigenvalue weighted by Gasteiger charge is 2.28. The Hall–Kier alpha value is -0.740. The van der Waals surface area contributed by atoms with Crippen molar-refractivity contribution < 1.29 is 8.42 Å². The fraction of sp³-hybridized carbons (Fsp3) is 0.625. The second kappa shape index (κ2) is 6.57. The van der Waals surface area contributed by atoms with Gasteiger partial charge in [-0.25, -0.2) is 8.42 Å². The number of anilines is 1. The maximum absolute atomic E-state index is 11.7. The average molecular weight is 330 g/mol. The van der Waals surface area contributed by atoms with Crippen molar-refractivity contribution in [2.45, 2.75) is 50.5 Å². The summed E-state index contributed by atoms with van der Waals surface area (Å²) in [6.07, 6.45) is 6.04. The van der Waals surface area contributed by atoms with Gasteiger partial charge in [-0.3, -0.25) is 0 Å². The van der Waals surface area contributed by atoms with Gasteiger partial charge in [-0.05, 0) is 42.9 Å². The molecule has 2 atom stereocenters. The first-order valence-electron chi connectivity index (χ1n) is 7.55. The zero-order chi connectivity index (χ0) is 15.6. The van der Waals surface area contributed by atoms with Crippen LogP contribution in [0, 0.1) is 11.8 Å². The molecule has 1 aromatic rings. The van der Waals surface area contributed by atoms with Gasteiger partial charge in [-0.15, -0.1) is 0 Å². The number of nitrogens with one attached hydrogen (secondary N) is 1. The van der Waals surface area contributed by atoms with Crippen LogP contribution in [0.25, 0.3) is 0 Å². The van der Waals surface area contributed by atoms with E-state index in [1.54, 1.807) is 18.2 Å². The van der Waals surface area contributed by atoms with Crippen molar-refractivity contribution in [2.75, 3.05) is 11.6 Å². The van der Waals surface area contributed by atoms with Crippen molar-refractivity contribution in [3.63, 3.8) is 0 Å². The number of hydrogen-bond acceptors (Lipinski definition) is 3. The highest BCUT2D eigenvalue weighted by molar-refractivity contribution is 7.90. The summed E-state index contributed by atoms with van der Waals surface area (Å²) >= 11 is 6.24. The molecule has 2 rings (SSSR count). The monoisotopic (exact) mass is 329 g/mol. The Kier molecular flexibility index (Phi) is 5.20. The van der Waals surface area contributed by atoms with Gasteiger partial charge in [0.05, 0.1) is 15.6 Å². The fourth-order valence-electron chi connectivity index (χ4n) is 3.18. The Morgan fingerprint density at radius 1 is 1.24 bits per heavy atom. The van der Waals surface area contributed by atoms with Crippen molar-refractivity contribution >= 4 is 27.1 Å². The number of sulfone groups is 1. The number of benzene rings is 1. The molecule has 1 aliphatic carbocycles. The van der Waals surface area contributed by atoms with Crippen LogP contribution in [0.5, 0.6) is 0 Å². The lowest BCUT2D eigenvalue weighted by atomic mass is 9.78. The molecule has 2 unspecified atom stereocenters. The molecule has 5 heteroatoms. The summed E-state index contributed by atoms with van der Waals surface area (Å²) in [7, 11) is -3.21. The molecule has 1 N–H and O–H groups in total. The van der Waals surface area contributed by atoms with Crippen molar-refractivity contribution in [1.82, 2.24) is 0 Å². The van der Waals surface area contributed by atoms with Crippen LogP contribution < -0.4 is 5.32 Å². The van der Waals surface area contributed by atoms with E-state index in [1.807, 2.05) is 0 Å². The lowest BCUT2D eigenvalue weighted by Crippen LogP contribution is -2.35. The highest BCUT2D eigenvalue weighted by Crippen LogP contribution is 2.34. The summed E-state index contributed by atoms with van der Waals surface area (Å²) in [5, 5.41) is 4.08. The van der Waals surface area contributed by atoms with E-state index in [9.17, 15) is 8.42 Å². The maximum atomic E-state index is 11.7. The molecule has 0 amide bonds. The third-order valence-corrected chi connectivity index (χ3v) is 5.82. The first-order chi connectivity index (χ1) is 9.79. The van der Waals surface area contributed by atoms with Crippen molar-refractivity contribution in [3.05, 3.63) is 23.2 Å². The lowest BCUT2D eigenvalue weighted by molar-refractivity contribution is 0.254. The van der Waals surface area contributed by atoms with Gasteiger partial charge in [-0.1, -0.05) is 38.3 Å². The molecule has 0 spiro atoms. The normalized spacial score (nSPS) is 23.3. The Morgan fingerprint density at radius 3 is 2.52 bits per heavy atom. The van der Waals surface area contributed by atoms with E-state index in [2.05, 4.69) is 19.2 Å². The van der Waals surface area contributed by atoms with E-state index in [1.165, 1.54) is 25.5 Å². The molecule has 118 valence electrons. The van der Waals surface area contributed by atoms with E-state index < -0.39 is 9.84 Å². The first-order valence-corrected chi connectivity index (χ1v) is 9.82. The SMILES string of the molecule is CC(C)C1CCCCC1Nc1cc(S(C)(=O)=O)ccc1Cl. The largest absolute Gasteiger partial charge is 0.381 e. The molecule has 1 fully saturated rings. The maximum Gasteiger partial charge on any atom is 0.175 e. The third kappa shape index (κ3) is 4.13. The van der Waals surface area contributed by atoms with Gasteiger partial charge in [0.2, 0.25) is 0 Å². The molecule has 0 heterocycles. The predicted octanol–water partition coefficient (Wildman–Crippen LogP) is 4.37. The molecule has 1 saturated carbocycles. The lowest BCUT2D eigenvalue weighted by Gasteiger charge is -2.35. The fourth-order valence-corrected chi connectivity index (χ4v) is 4.00. The van der Waals surface area contributed by atoms with Crippen LogP contribution in [0.2, 0.25) is 5.02 Å². The van der Waals surface area contributed by atoms with Crippen molar-refractivity contribution in [1.29, 1.82) is 0 Å². The Labute approximate surface area is 133 Å². The molecule has 0 bridgehead atoms. The summed E-state index contributed by atoms with van der Waals surface area (Å²) in [6, 6.07) is 5.24. The molecule has 3 nitrogen and oxygen atoms in total. The van der Waals surface area contributed by atoms with Crippen LogP contribution in [-0.2, 0) is 9.84 Å². The first kappa shape index (κ1) is 16.6. The van der Waals surface area contributed by atoms with Crippen LogP contribution in [-0.4, -0.2) is 20.7 Å². The van der Waals surface area contributed by atoms with Crippen LogP contribution >= 0.6 is 11.6 Å². The van der Waals surface area contributed by atoms with Gasteiger partial charge >= 0.3 is 0 Å². The number of rotatable bonds is 4. The van der Waals surface area contributed by atoms with Gasteiger partial charge in [0.15, 0.2) is 9.84 Å². The van der Waals surface area contributed by atoms with Gasteiger partial charge in [0.25, 0.3) is 0 Å². The molecule has 1 aromatic carbocycles. The number of halogens is 1. The predicted molar refractivity (Wildman–Crippen MR) is 88.8 cm³/mol. The zero-order valence-electron chi connectivity index (χ0n) is 12.9. The summed E-state index contributed by atoms with van der Waals surface area (Å²) in [6.45, 7) is 4.50. The van der Waals surface area contributed by atoms with Crippen molar-refractivity contribution in [2.24, 2.45) is 11.8 Å². The number of hydrogen-bond donors (Lipinski definition) is 1. The second-order valence-corrected chi connectivity index (χ2v) is 8.78. The Balaban J connectivity index is 2.25. The second-order valence-electron chi connectivity index (χ2n) is 6.36. The van der Waals surface area contributed by atoms with E-state index >= 15 is 0 Å². The van der Waals surface area contributed by atoms with E-state index in [0.717, 1.165) is 12.1 Å². The Morgan fingerprint density at radius 2 is 1.90 bits per heavy atom. The van der Waals surface area contributed by atoms with Crippen LogP contribution in [0.4, 0.5) is 5.69 Å². The van der Waals surface area contributed by atoms with Gasteiger partial charge in [-0.2, -0.15) is 0 Å².